The minimum atomic E-state index is -0.258. The summed E-state index contributed by atoms with van der Waals surface area (Å²) in [5, 5.41) is 0. The lowest BCUT2D eigenvalue weighted by Gasteiger charge is -2.38. The van der Waals surface area contributed by atoms with Crippen LogP contribution in [0.4, 0.5) is 0 Å². The van der Waals surface area contributed by atoms with Crippen molar-refractivity contribution >= 4 is 11.8 Å². The van der Waals surface area contributed by atoms with Crippen LogP contribution in [0.1, 0.15) is 25.0 Å². The number of rotatable bonds is 5. The quantitative estimate of drug-likeness (QED) is 0.810. The molecule has 3 rings (SSSR count). The van der Waals surface area contributed by atoms with Crippen molar-refractivity contribution in [2.75, 3.05) is 39.9 Å². The number of nitrogens with zero attached hydrogens (tertiary/aromatic N) is 2. The van der Waals surface area contributed by atoms with Gasteiger partial charge in [-0.25, -0.2) is 0 Å². The van der Waals surface area contributed by atoms with E-state index in [2.05, 4.69) is 0 Å². The SMILES string of the molecule is COCCN1C[C@H](C(=O)N2C[C@@H](c3ccccc3)O[C@@H](C)C2)CC1=O. The van der Waals surface area contributed by atoms with Crippen molar-refractivity contribution in [2.24, 2.45) is 5.92 Å². The fourth-order valence-electron chi connectivity index (χ4n) is 3.60. The highest BCUT2D eigenvalue weighted by Gasteiger charge is 2.38. The van der Waals surface area contributed by atoms with E-state index >= 15 is 0 Å². The Morgan fingerprint density at radius 3 is 2.72 bits per heavy atom. The number of benzene rings is 1. The maximum absolute atomic E-state index is 12.9. The van der Waals surface area contributed by atoms with Gasteiger partial charge >= 0.3 is 0 Å². The zero-order valence-corrected chi connectivity index (χ0v) is 14.9. The lowest BCUT2D eigenvalue weighted by atomic mass is 10.0. The highest BCUT2D eigenvalue weighted by Crippen LogP contribution is 2.28. The number of ether oxygens (including phenoxy) is 2. The van der Waals surface area contributed by atoms with E-state index in [0.717, 1.165) is 5.56 Å². The molecule has 1 aromatic carbocycles. The first-order valence-corrected chi connectivity index (χ1v) is 8.84. The summed E-state index contributed by atoms with van der Waals surface area (Å²) in [6, 6.07) is 9.98. The average molecular weight is 346 g/mol. The molecule has 0 unspecified atom stereocenters. The Hall–Kier alpha value is -1.92. The number of morpholine rings is 1. The molecular weight excluding hydrogens is 320 g/mol. The summed E-state index contributed by atoms with van der Waals surface area (Å²) in [6.07, 6.45) is 0.157. The number of amides is 2. The van der Waals surface area contributed by atoms with Crippen molar-refractivity contribution in [1.29, 1.82) is 0 Å². The molecule has 25 heavy (non-hydrogen) atoms. The maximum atomic E-state index is 12.9. The van der Waals surface area contributed by atoms with Gasteiger partial charge in [0.25, 0.3) is 0 Å². The predicted molar refractivity (Wildman–Crippen MR) is 92.9 cm³/mol. The third-order valence-electron chi connectivity index (χ3n) is 4.87. The van der Waals surface area contributed by atoms with E-state index in [1.165, 1.54) is 0 Å². The molecule has 1 aromatic rings. The van der Waals surface area contributed by atoms with Crippen LogP contribution >= 0.6 is 0 Å². The van der Waals surface area contributed by atoms with E-state index in [9.17, 15) is 9.59 Å². The second-order valence-electron chi connectivity index (χ2n) is 6.82. The molecule has 2 saturated heterocycles. The van der Waals surface area contributed by atoms with Gasteiger partial charge in [-0.05, 0) is 12.5 Å². The summed E-state index contributed by atoms with van der Waals surface area (Å²) in [5.74, 6) is -0.160. The molecule has 3 atom stereocenters. The fourth-order valence-corrected chi connectivity index (χ4v) is 3.60. The van der Waals surface area contributed by atoms with Gasteiger partial charge in [0, 0.05) is 33.2 Å². The van der Waals surface area contributed by atoms with Gasteiger partial charge in [0.2, 0.25) is 11.8 Å². The number of hydrogen-bond acceptors (Lipinski definition) is 4. The molecule has 2 heterocycles. The summed E-state index contributed by atoms with van der Waals surface area (Å²) in [6.45, 7) is 4.63. The summed E-state index contributed by atoms with van der Waals surface area (Å²) in [4.78, 5) is 28.6. The van der Waals surface area contributed by atoms with Gasteiger partial charge in [0.1, 0.15) is 6.10 Å². The molecule has 0 N–H and O–H groups in total. The third-order valence-corrected chi connectivity index (χ3v) is 4.87. The fraction of sp³-hybridized carbons (Fsp3) is 0.579. The van der Waals surface area contributed by atoms with Crippen LogP contribution in [0.3, 0.4) is 0 Å². The molecule has 2 aliphatic rings. The monoisotopic (exact) mass is 346 g/mol. The maximum Gasteiger partial charge on any atom is 0.228 e. The molecule has 2 amide bonds. The first kappa shape index (κ1) is 17.9. The van der Waals surface area contributed by atoms with Crippen LogP contribution in [0.15, 0.2) is 30.3 Å². The summed E-state index contributed by atoms with van der Waals surface area (Å²) in [7, 11) is 1.61. The van der Waals surface area contributed by atoms with Crippen molar-refractivity contribution in [1.82, 2.24) is 9.80 Å². The standard InChI is InChI=1S/C19H26N2O4/c1-14-11-21(13-17(25-14)15-6-4-3-5-7-15)19(23)16-10-18(22)20(12-16)8-9-24-2/h3-7,14,16-17H,8-13H2,1-2H3/t14-,16+,17-/m0/s1. The van der Waals surface area contributed by atoms with Crippen LogP contribution in [-0.4, -0.2) is 67.6 Å². The van der Waals surface area contributed by atoms with Crippen LogP contribution in [0.5, 0.6) is 0 Å². The number of carbonyl (C=O) groups is 2. The van der Waals surface area contributed by atoms with Gasteiger partial charge in [-0.3, -0.25) is 9.59 Å². The number of hydrogen-bond donors (Lipinski definition) is 0. The Morgan fingerprint density at radius 2 is 2.00 bits per heavy atom. The molecule has 0 bridgehead atoms. The molecular formula is C19H26N2O4. The molecule has 0 spiro atoms. The van der Waals surface area contributed by atoms with E-state index in [1.807, 2.05) is 42.2 Å². The van der Waals surface area contributed by atoms with Crippen LogP contribution in [0, 0.1) is 5.92 Å². The number of carbonyl (C=O) groups excluding carboxylic acids is 2. The first-order valence-electron chi connectivity index (χ1n) is 8.84. The zero-order chi connectivity index (χ0) is 17.8. The van der Waals surface area contributed by atoms with E-state index in [0.29, 0.717) is 39.2 Å². The minimum Gasteiger partial charge on any atom is -0.383 e. The predicted octanol–water partition coefficient (Wildman–Crippen LogP) is 1.47. The molecule has 0 radical (unpaired) electrons. The number of methoxy groups -OCH3 is 1. The Morgan fingerprint density at radius 1 is 1.24 bits per heavy atom. The van der Waals surface area contributed by atoms with Gasteiger partial charge in [-0.1, -0.05) is 30.3 Å². The molecule has 0 saturated carbocycles. The van der Waals surface area contributed by atoms with Crippen molar-refractivity contribution in [3.8, 4) is 0 Å². The van der Waals surface area contributed by atoms with Gasteiger partial charge in [-0.2, -0.15) is 0 Å². The van der Waals surface area contributed by atoms with E-state index < -0.39 is 0 Å². The van der Waals surface area contributed by atoms with Gasteiger partial charge in [0.05, 0.1) is 25.2 Å². The number of likely N-dealkylation sites (tertiary alicyclic amines) is 1. The van der Waals surface area contributed by atoms with E-state index in [4.69, 9.17) is 9.47 Å². The highest BCUT2D eigenvalue weighted by molar-refractivity contribution is 5.89. The molecule has 2 fully saturated rings. The molecule has 2 aliphatic heterocycles. The van der Waals surface area contributed by atoms with Crippen LogP contribution < -0.4 is 0 Å². The molecule has 6 heteroatoms. The van der Waals surface area contributed by atoms with Crippen molar-refractivity contribution in [3.63, 3.8) is 0 Å². The minimum absolute atomic E-state index is 0.0235. The molecule has 0 aromatic heterocycles. The Bertz CT molecular complexity index is 607. The largest absolute Gasteiger partial charge is 0.383 e. The smallest absolute Gasteiger partial charge is 0.228 e. The molecule has 6 nitrogen and oxygen atoms in total. The summed E-state index contributed by atoms with van der Waals surface area (Å²) >= 11 is 0. The van der Waals surface area contributed by atoms with E-state index in [1.54, 1.807) is 12.0 Å². The van der Waals surface area contributed by atoms with Crippen molar-refractivity contribution in [3.05, 3.63) is 35.9 Å². The van der Waals surface area contributed by atoms with Crippen LogP contribution in [-0.2, 0) is 19.1 Å². The van der Waals surface area contributed by atoms with Crippen molar-refractivity contribution < 1.29 is 19.1 Å². The summed E-state index contributed by atoms with van der Waals surface area (Å²) in [5.41, 5.74) is 1.08. The van der Waals surface area contributed by atoms with Crippen LogP contribution in [0.2, 0.25) is 0 Å². The normalized spacial score (nSPS) is 27.0. The second-order valence-corrected chi connectivity index (χ2v) is 6.82. The second kappa shape index (κ2) is 7.97. The van der Waals surface area contributed by atoms with Crippen LogP contribution in [0.25, 0.3) is 0 Å². The highest BCUT2D eigenvalue weighted by atomic mass is 16.5. The Balaban J connectivity index is 1.64. The van der Waals surface area contributed by atoms with E-state index in [-0.39, 0.29) is 29.9 Å². The third kappa shape index (κ3) is 4.19. The van der Waals surface area contributed by atoms with Gasteiger partial charge in [-0.15, -0.1) is 0 Å². The average Bonchev–Trinajstić information content (AvgIpc) is 3.00. The van der Waals surface area contributed by atoms with Crippen molar-refractivity contribution in [2.45, 2.75) is 25.6 Å². The Kier molecular flexibility index (Phi) is 5.71. The molecule has 0 aliphatic carbocycles. The lowest BCUT2D eigenvalue weighted by molar-refractivity contribution is -0.148. The summed E-state index contributed by atoms with van der Waals surface area (Å²) < 4.78 is 11.1. The van der Waals surface area contributed by atoms with Gasteiger partial charge < -0.3 is 19.3 Å². The molecule has 136 valence electrons. The lowest BCUT2D eigenvalue weighted by Crippen LogP contribution is -2.48. The topological polar surface area (TPSA) is 59.1 Å². The first-order chi connectivity index (χ1) is 12.1. The Labute approximate surface area is 148 Å². The zero-order valence-electron chi connectivity index (χ0n) is 14.9. The van der Waals surface area contributed by atoms with Gasteiger partial charge in [0.15, 0.2) is 0 Å².